The van der Waals surface area contributed by atoms with Crippen molar-refractivity contribution in [3.8, 4) is 0 Å². The largest absolute Gasteiger partial charge is 0.416 e. The van der Waals surface area contributed by atoms with Crippen LogP contribution in [0.15, 0.2) is 42.5 Å². The molecule has 0 saturated carbocycles. The summed E-state index contributed by atoms with van der Waals surface area (Å²) in [5.41, 5.74) is 0.694. The molecule has 7 heteroatoms. The molecule has 29 heavy (non-hydrogen) atoms. The number of ether oxygens (including phenoxy) is 1. The van der Waals surface area contributed by atoms with Crippen LogP contribution in [-0.2, 0) is 10.9 Å². The third-order valence-electron chi connectivity index (χ3n) is 6.15. The van der Waals surface area contributed by atoms with Crippen molar-refractivity contribution < 1.29 is 23.0 Å². The summed E-state index contributed by atoms with van der Waals surface area (Å²) in [6.07, 6.45) is 6.20. The Kier molecular flexibility index (Phi) is 5.99. The topological polar surface area (TPSA) is 53.5 Å². The molecule has 1 aromatic carbocycles. The minimum Gasteiger partial charge on any atom is -0.395 e. The first-order valence-electron chi connectivity index (χ1n) is 10.3. The van der Waals surface area contributed by atoms with Gasteiger partial charge in [-0.1, -0.05) is 24.3 Å². The molecule has 1 unspecified atom stereocenters. The van der Waals surface area contributed by atoms with Gasteiger partial charge in [0.1, 0.15) is 0 Å². The van der Waals surface area contributed by atoms with Crippen molar-refractivity contribution in [2.24, 2.45) is 11.8 Å². The highest BCUT2D eigenvalue weighted by atomic mass is 19.4. The third kappa shape index (κ3) is 4.37. The maximum absolute atomic E-state index is 13.3. The Hall–Kier alpha value is -1.83. The molecule has 158 valence electrons. The maximum atomic E-state index is 13.3. The summed E-state index contributed by atoms with van der Waals surface area (Å²) >= 11 is 0. The van der Waals surface area contributed by atoms with Crippen LogP contribution in [0.25, 0.3) is 0 Å². The highest BCUT2D eigenvalue weighted by Crippen LogP contribution is 2.49. The van der Waals surface area contributed by atoms with Crippen LogP contribution >= 0.6 is 0 Å². The van der Waals surface area contributed by atoms with E-state index < -0.39 is 11.7 Å². The molecule has 2 heterocycles. The van der Waals surface area contributed by atoms with E-state index in [1.54, 1.807) is 6.07 Å². The lowest BCUT2D eigenvalue weighted by Crippen LogP contribution is -2.48. The maximum Gasteiger partial charge on any atom is 0.416 e. The Morgan fingerprint density at radius 2 is 2.07 bits per heavy atom. The van der Waals surface area contributed by atoms with E-state index in [1.165, 1.54) is 6.07 Å². The van der Waals surface area contributed by atoms with Crippen molar-refractivity contribution in [3.05, 3.63) is 53.6 Å². The fourth-order valence-corrected chi connectivity index (χ4v) is 4.75. The predicted octanol–water partition coefficient (Wildman–Crippen LogP) is 4.05. The van der Waals surface area contributed by atoms with E-state index in [2.05, 4.69) is 22.8 Å². The van der Waals surface area contributed by atoms with Gasteiger partial charge < -0.3 is 20.5 Å². The molecular weight excluding hydrogens is 381 g/mol. The second kappa shape index (κ2) is 8.50. The number of benzene rings is 1. The molecular formula is C22H27F3N2O2. The highest BCUT2D eigenvalue weighted by molar-refractivity contribution is 5.58. The first-order chi connectivity index (χ1) is 14.0. The summed E-state index contributed by atoms with van der Waals surface area (Å²) in [6.45, 7) is 1.11. The van der Waals surface area contributed by atoms with Crippen LogP contribution in [0.2, 0.25) is 0 Å². The number of hydrogen-bond donors (Lipinski definition) is 3. The van der Waals surface area contributed by atoms with E-state index in [4.69, 9.17) is 9.84 Å². The molecule has 1 fully saturated rings. The number of fused-ring (bicyclic) bond motifs is 3. The number of aliphatic hydroxyl groups excluding tert-OH is 1. The standard InChI is InChI=1S/C22H27F3N2O2/c23-22(24,25)15-6-9-19-18(12-15)21-17(8-7-16(29-21)13-26-10-11-28)20(27-19)14-4-2-1-3-5-14/h1-4,6,9,12,14,16-17,20-21,26-28H,5,7-8,10-11,13H2/t14?,16-,17+,20+,21+/m1/s1. The first-order valence-corrected chi connectivity index (χ1v) is 10.3. The van der Waals surface area contributed by atoms with E-state index in [0.29, 0.717) is 18.7 Å². The zero-order chi connectivity index (χ0) is 20.4. The van der Waals surface area contributed by atoms with Gasteiger partial charge in [0.05, 0.1) is 24.4 Å². The van der Waals surface area contributed by atoms with Crippen molar-refractivity contribution in [2.75, 3.05) is 25.0 Å². The molecule has 5 atom stereocenters. The molecule has 0 spiro atoms. The monoisotopic (exact) mass is 408 g/mol. The van der Waals surface area contributed by atoms with Crippen LogP contribution in [0, 0.1) is 11.8 Å². The molecule has 2 aliphatic heterocycles. The van der Waals surface area contributed by atoms with Gasteiger partial charge in [-0.3, -0.25) is 0 Å². The fourth-order valence-electron chi connectivity index (χ4n) is 4.75. The Bertz CT molecular complexity index is 778. The summed E-state index contributed by atoms with van der Waals surface area (Å²) in [5, 5.41) is 15.6. The molecule has 3 N–H and O–H groups in total. The van der Waals surface area contributed by atoms with Crippen LogP contribution < -0.4 is 10.6 Å². The number of hydrogen-bond acceptors (Lipinski definition) is 4. The van der Waals surface area contributed by atoms with E-state index in [0.717, 1.165) is 31.0 Å². The molecule has 0 amide bonds. The molecule has 3 aliphatic rings. The van der Waals surface area contributed by atoms with Gasteiger partial charge in [0.15, 0.2) is 0 Å². The smallest absolute Gasteiger partial charge is 0.395 e. The quantitative estimate of drug-likeness (QED) is 0.644. The number of nitrogens with one attached hydrogen (secondary N) is 2. The molecule has 1 aliphatic carbocycles. The normalized spacial score (nSPS) is 31.1. The van der Waals surface area contributed by atoms with Gasteiger partial charge in [-0.2, -0.15) is 13.2 Å². The second-order valence-corrected chi connectivity index (χ2v) is 8.03. The van der Waals surface area contributed by atoms with Gasteiger partial charge >= 0.3 is 6.18 Å². The molecule has 0 bridgehead atoms. The van der Waals surface area contributed by atoms with Crippen molar-refractivity contribution >= 4 is 5.69 Å². The fraction of sp³-hybridized carbons (Fsp3) is 0.545. The summed E-state index contributed by atoms with van der Waals surface area (Å²) < 4.78 is 46.3. The number of aliphatic hydroxyl groups is 1. The summed E-state index contributed by atoms with van der Waals surface area (Å²) in [4.78, 5) is 0. The van der Waals surface area contributed by atoms with Gasteiger partial charge in [0.2, 0.25) is 0 Å². The van der Waals surface area contributed by atoms with Gasteiger partial charge in [0, 0.05) is 42.2 Å². The Morgan fingerprint density at radius 3 is 2.79 bits per heavy atom. The van der Waals surface area contributed by atoms with Gasteiger partial charge in [-0.15, -0.1) is 0 Å². The minimum atomic E-state index is -4.38. The van der Waals surface area contributed by atoms with Crippen molar-refractivity contribution in [1.29, 1.82) is 0 Å². The average molecular weight is 408 g/mol. The number of rotatable bonds is 5. The van der Waals surface area contributed by atoms with Gasteiger partial charge in [-0.25, -0.2) is 0 Å². The molecule has 1 saturated heterocycles. The van der Waals surface area contributed by atoms with Crippen molar-refractivity contribution in [3.63, 3.8) is 0 Å². The van der Waals surface area contributed by atoms with Crippen LogP contribution in [0.3, 0.4) is 0 Å². The van der Waals surface area contributed by atoms with Gasteiger partial charge in [-0.05, 0) is 37.5 Å². The highest BCUT2D eigenvalue weighted by Gasteiger charge is 2.44. The molecule has 4 nitrogen and oxygen atoms in total. The average Bonchev–Trinajstić information content (AvgIpc) is 2.73. The Balaban J connectivity index is 1.63. The number of halogens is 3. The summed E-state index contributed by atoms with van der Waals surface area (Å²) in [5.74, 6) is 0.400. The minimum absolute atomic E-state index is 0.0457. The Labute approximate surface area is 168 Å². The van der Waals surface area contributed by atoms with Crippen molar-refractivity contribution in [1.82, 2.24) is 5.32 Å². The third-order valence-corrected chi connectivity index (χ3v) is 6.15. The summed E-state index contributed by atoms with van der Waals surface area (Å²) in [6, 6.07) is 4.05. The number of anilines is 1. The second-order valence-electron chi connectivity index (χ2n) is 8.03. The SMILES string of the molecule is OCCNC[C@H]1CC[C@@H]2[C@H](O1)c1cc(C(F)(F)F)ccc1N[C@H]2C1C=CC=CC1. The first kappa shape index (κ1) is 20.4. The lowest BCUT2D eigenvalue weighted by atomic mass is 9.73. The number of alkyl halides is 3. The zero-order valence-electron chi connectivity index (χ0n) is 16.2. The van der Waals surface area contributed by atoms with Crippen LogP contribution in [0.1, 0.15) is 36.5 Å². The lowest BCUT2D eigenvalue weighted by molar-refractivity contribution is -0.138. The summed E-state index contributed by atoms with van der Waals surface area (Å²) in [7, 11) is 0. The van der Waals surface area contributed by atoms with E-state index in [9.17, 15) is 13.2 Å². The molecule has 0 aromatic heterocycles. The number of allylic oxidation sites excluding steroid dienone is 3. The predicted molar refractivity (Wildman–Crippen MR) is 106 cm³/mol. The Morgan fingerprint density at radius 1 is 1.21 bits per heavy atom. The van der Waals surface area contributed by atoms with E-state index in [1.807, 2.05) is 12.2 Å². The molecule has 0 radical (unpaired) electrons. The zero-order valence-corrected chi connectivity index (χ0v) is 16.2. The van der Waals surface area contributed by atoms with E-state index in [-0.39, 0.29) is 36.7 Å². The van der Waals surface area contributed by atoms with Gasteiger partial charge in [0.25, 0.3) is 0 Å². The van der Waals surface area contributed by atoms with Crippen LogP contribution in [-0.4, -0.2) is 36.9 Å². The van der Waals surface area contributed by atoms with Crippen LogP contribution in [0.4, 0.5) is 18.9 Å². The van der Waals surface area contributed by atoms with Crippen LogP contribution in [0.5, 0.6) is 0 Å². The lowest BCUT2D eigenvalue weighted by Gasteiger charge is -2.47. The van der Waals surface area contributed by atoms with Crippen molar-refractivity contribution in [2.45, 2.75) is 43.7 Å². The molecule has 4 rings (SSSR count). The molecule has 1 aromatic rings. The van der Waals surface area contributed by atoms with E-state index >= 15 is 0 Å².